The molecule has 1 aliphatic rings. The van der Waals surface area contributed by atoms with Crippen LogP contribution in [0.2, 0.25) is 0 Å². The van der Waals surface area contributed by atoms with Gasteiger partial charge < -0.3 is 5.32 Å². The van der Waals surface area contributed by atoms with Crippen molar-refractivity contribution in [1.29, 1.82) is 0 Å². The van der Waals surface area contributed by atoms with Crippen LogP contribution in [0.15, 0.2) is 29.2 Å². The molecule has 0 radical (unpaired) electrons. The largest absolute Gasteiger partial charge is 0.353 e. The summed E-state index contributed by atoms with van der Waals surface area (Å²) in [6.45, 7) is 6.14. The Balaban J connectivity index is 2.47. The summed E-state index contributed by atoms with van der Waals surface area (Å²) in [5.74, 6) is -0.294. The van der Waals surface area contributed by atoms with Crippen molar-refractivity contribution in [2.24, 2.45) is 5.92 Å². The molecular weight excluding hydrogens is 276 g/mol. The van der Waals surface area contributed by atoms with Gasteiger partial charge in [-0.05, 0) is 24.5 Å². The van der Waals surface area contributed by atoms with Crippen LogP contribution in [0.3, 0.4) is 0 Å². The van der Waals surface area contributed by atoms with Crippen LogP contribution in [-0.4, -0.2) is 37.8 Å². The Kier molecular flexibility index (Phi) is 4.15. The number of hydrogen-bond acceptors (Lipinski definition) is 3. The van der Waals surface area contributed by atoms with Gasteiger partial charge in [0.1, 0.15) is 6.04 Å². The van der Waals surface area contributed by atoms with E-state index in [-0.39, 0.29) is 16.7 Å². The minimum Gasteiger partial charge on any atom is -0.353 e. The number of nitrogens with zero attached hydrogens (tertiary/aromatic N) is 1. The zero-order valence-corrected chi connectivity index (χ0v) is 12.8. The number of carbonyl (C=O) groups excluding carboxylic acids is 1. The lowest BCUT2D eigenvalue weighted by atomic mass is 10.0. The molecular formula is C14H20N2O3S. The second-order valence-corrected chi connectivity index (χ2v) is 7.22. The number of benzene rings is 1. The Labute approximate surface area is 120 Å². The molecule has 1 aromatic rings. The molecule has 5 nitrogen and oxygen atoms in total. The van der Waals surface area contributed by atoms with Crippen LogP contribution in [0.5, 0.6) is 0 Å². The van der Waals surface area contributed by atoms with Crippen molar-refractivity contribution in [2.75, 3.05) is 13.1 Å². The van der Waals surface area contributed by atoms with E-state index in [1.165, 1.54) is 4.31 Å². The van der Waals surface area contributed by atoms with E-state index >= 15 is 0 Å². The molecule has 0 saturated carbocycles. The number of sulfonamides is 1. The molecule has 2 rings (SSSR count). The summed E-state index contributed by atoms with van der Waals surface area (Å²) in [6.07, 6.45) is 0. The van der Waals surface area contributed by atoms with Crippen LogP contribution in [0.25, 0.3) is 0 Å². The molecule has 1 unspecified atom stereocenters. The highest BCUT2D eigenvalue weighted by Crippen LogP contribution is 2.25. The van der Waals surface area contributed by atoms with Crippen LogP contribution in [-0.2, 0) is 14.8 Å². The van der Waals surface area contributed by atoms with Crippen molar-refractivity contribution in [3.05, 3.63) is 29.8 Å². The van der Waals surface area contributed by atoms with Crippen LogP contribution in [0.1, 0.15) is 19.4 Å². The van der Waals surface area contributed by atoms with E-state index < -0.39 is 16.1 Å². The van der Waals surface area contributed by atoms with Crippen molar-refractivity contribution in [3.63, 3.8) is 0 Å². The molecule has 0 aliphatic carbocycles. The molecule has 1 aliphatic heterocycles. The molecule has 0 aromatic heterocycles. The maximum absolute atomic E-state index is 12.8. The molecule has 1 aromatic carbocycles. The van der Waals surface area contributed by atoms with E-state index in [1.807, 2.05) is 13.8 Å². The number of amides is 1. The summed E-state index contributed by atoms with van der Waals surface area (Å²) >= 11 is 0. The molecule has 1 N–H and O–H groups in total. The zero-order chi connectivity index (χ0) is 14.9. The SMILES string of the molecule is Cc1ccccc1S(=O)(=O)N1CCNC(=O)C1C(C)C. The fraction of sp³-hybridized carbons (Fsp3) is 0.500. The van der Waals surface area contributed by atoms with Gasteiger partial charge in [0.05, 0.1) is 4.90 Å². The van der Waals surface area contributed by atoms with Gasteiger partial charge >= 0.3 is 0 Å². The van der Waals surface area contributed by atoms with E-state index in [1.54, 1.807) is 31.2 Å². The van der Waals surface area contributed by atoms with Crippen LogP contribution < -0.4 is 5.32 Å². The van der Waals surface area contributed by atoms with E-state index in [4.69, 9.17) is 0 Å². The highest BCUT2D eigenvalue weighted by molar-refractivity contribution is 7.89. The molecule has 1 heterocycles. The third-order valence-corrected chi connectivity index (χ3v) is 5.56. The number of aryl methyl sites for hydroxylation is 1. The van der Waals surface area contributed by atoms with Gasteiger partial charge in [0, 0.05) is 13.1 Å². The first-order valence-electron chi connectivity index (χ1n) is 6.71. The topological polar surface area (TPSA) is 66.5 Å². The first kappa shape index (κ1) is 15.0. The van der Waals surface area contributed by atoms with Gasteiger partial charge in [-0.2, -0.15) is 4.31 Å². The Morgan fingerprint density at radius 3 is 2.55 bits per heavy atom. The number of rotatable bonds is 3. The molecule has 20 heavy (non-hydrogen) atoms. The van der Waals surface area contributed by atoms with Crippen molar-refractivity contribution in [2.45, 2.75) is 31.7 Å². The maximum Gasteiger partial charge on any atom is 0.244 e. The normalized spacial score (nSPS) is 21.0. The van der Waals surface area contributed by atoms with Gasteiger partial charge in [0.15, 0.2) is 0 Å². The lowest BCUT2D eigenvalue weighted by Crippen LogP contribution is -2.59. The van der Waals surface area contributed by atoms with Gasteiger partial charge in [-0.25, -0.2) is 8.42 Å². The summed E-state index contributed by atoms with van der Waals surface area (Å²) < 4.78 is 27.0. The number of carbonyl (C=O) groups is 1. The third kappa shape index (κ3) is 2.58. The predicted molar refractivity (Wildman–Crippen MR) is 76.7 cm³/mol. The average Bonchev–Trinajstić information content (AvgIpc) is 2.38. The minimum atomic E-state index is -3.65. The molecule has 1 saturated heterocycles. The summed E-state index contributed by atoms with van der Waals surface area (Å²) in [5.41, 5.74) is 0.695. The second-order valence-electron chi connectivity index (χ2n) is 5.36. The van der Waals surface area contributed by atoms with Gasteiger partial charge in [0.25, 0.3) is 0 Å². The molecule has 6 heteroatoms. The molecule has 1 atom stereocenters. The van der Waals surface area contributed by atoms with E-state index in [2.05, 4.69) is 5.32 Å². The van der Waals surface area contributed by atoms with Crippen LogP contribution in [0, 0.1) is 12.8 Å². The summed E-state index contributed by atoms with van der Waals surface area (Å²) in [7, 11) is -3.65. The third-order valence-electron chi connectivity index (χ3n) is 3.52. The average molecular weight is 296 g/mol. The minimum absolute atomic E-state index is 0.0749. The standard InChI is InChI=1S/C14H20N2O3S/c1-10(2)13-14(17)15-8-9-16(13)20(18,19)12-7-5-4-6-11(12)3/h4-7,10,13H,8-9H2,1-3H3,(H,15,17). The highest BCUT2D eigenvalue weighted by atomic mass is 32.2. The maximum atomic E-state index is 12.8. The fourth-order valence-corrected chi connectivity index (χ4v) is 4.49. The van der Waals surface area contributed by atoms with E-state index in [0.717, 1.165) is 0 Å². The molecule has 110 valence electrons. The summed E-state index contributed by atoms with van der Waals surface area (Å²) in [4.78, 5) is 12.3. The monoisotopic (exact) mass is 296 g/mol. The van der Waals surface area contributed by atoms with Crippen molar-refractivity contribution in [3.8, 4) is 0 Å². The van der Waals surface area contributed by atoms with Crippen molar-refractivity contribution < 1.29 is 13.2 Å². The molecule has 1 fully saturated rings. The van der Waals surface area contributed by atoms with Gasteiger partial charge in [-0.15, -0.1) is 0 Å². The smallest absolute Gasteiger partial charge is 0.244 e. The highest BCUT2D eigenvalue weighted by Gasteiger charge is 2.40. The summed E-state index contributed by atoms with van der Waals surface area (Å²) in [6, 6.07) is 6.22. The Morgan fingerprint density at radius 2 is 1.95 bits per heavy atom. The van der Waals surface area contributed by atoms with Crippen LogP contribution in [0.4, 0.5) is 0 Å². The number of hydrogen-bond donors (Lipinski definition) is 1. The summed E-state index contributed by atoms with van der Waals surface area (Å²) in [5, 5.41) is 2.74. The second kappa shape index (κ2) is 5.54. The predicted octanol–water partition coefficient (Wildman–Crippen LogP) is 1.14. The Hall–Kier alpha value is -1.40. The van der Waals surface area contributed by atoms with Crippen molar-refractivity contribution in [1.82, 2.24) is 9.62 Å². The molecule has 0 spiro atoms. The Morgan fingerprint density at radius 1 is 1.30 bits per heavy atom. The van der Waals surface area contributed by atoms with Gasteiger partial charge in [0.2, 0.25) is 15.9 Å². The van der Waals surface area contributed by atoms with E-state index in [0.29, 0.717) is 18.7 Å². The molecule has 0 bridgehead atoms. The van der Waals surface area contributed by atoms with Crippen LogP contribution >= 0.6 is 0 Å². The zero-order valence-electron chi connectivity index (χ0n) is 12.0. The molecule has 1 amide bonds. The quantitative estimate of drug-likeness (QED) is 0.909. The number of nitrogens with one attached hydrogen (secondary N) is 1. The lowest BCUT2D eigenvalue weighted by molar-refractivity contribution is -0.128. The number of piperazine rings is 1. The Bertz CT molecular complexity index is 611. The fourth-order valence-electron chi connectivity index (χ4n) is 2.54. The van der Waals surface area contributed by atoms with Crippen molar-refractivity contribution >= 4 is 15.9 Å². The lowest BCUT2D eigenvalue weighted by Gasteiger charge is -2.36. The van der Waals surface area contributed by atoms with E-state index in [9.17, 15) is 13.2 Å². The first-order valence-corrected chi connectivity index (χ1v) is 8.15. The first-order chi connectivity index (χ1) is 9.35. The van der Waals surface area contributed by atoms with Gasteiger partial charge in [-0.3, -0.25) is 4.79 Å². The van der Waals surface area contributed by atoms with Gasteiger partial charge in [-0.1, -0.05) is 32.0 Å².